The number of amides is 1. The van der Waals surface area contributed by atoms with Crippen LogP contribution < -0.4 is 16.0 Å². The summed E-state index contributed by atoms with van der Waals surface area (Å²) in [5.41, 5.74) is 15.2. The Labute approximate surface area is 190 Å². The highest BCUT2D eigenvalue weighted by atomic mass is 16.1. The van der Waals surface area contributed by atoms with Crippen molar-refractivity contribution in [2.75, 3.05) is 23.3 Å². The quantitative estimate of drug-likeness (QED) is 0.602. The Morgan fingerprint density at radius 1 is 0.938 bits per heavy atom. The molecule has 0 aliphatic carbocycles. The molecule has 1 aromatic heterocycles. The first kappa shape index (κ1) is 22.0. The summed E-state index contributed by atoms with van der Waals surface area (Å²) in [6, 6.07) is 12.7. The molecule has 4 rings (SSSR count). The number of benzene rings is 2. The number of hydrogen-bond acceptors (Lipinski definition) is 4. The zero-order valence-electron chi connectivity index (χ0n) is 19.4. The van der Waals surface area contributed by atoms with Crippen LogP contribution in [0, 0.1) is 27.7 Å². The molecule has 0 bridgehead atoms. The number of rotatable bonds is 4. The number of nitrogens with two attached hydrogens (primary N) is 1. The lowest BCUT2D eigenvalue weighted by Gasteiger charge is -2.34. The molecule has 0 radical (unpaired) electrons. The minimum Gasteiger partial charge on any atom is -0.370 e. The Balaban J connectivity index is 1.81. The molecule has 2 heterocycles. The van der Waals surface area contributed by atoms with Gasteiger partial charge >= 0.3 is 0 Å². The molecule has 0 spiro atoms. The topological polar surface area (TPSA) is 71.2 Å². The number of pyridine rings is 1. The Bertz CT molecular complexity index is 1130. The molecule has 1 aliphatic rings. The van der Waals surface area contributed by atoms with E-state index < -0.39 is 0 Å². The predicted octanol–water partition coefficient (Wildman–Crippen LogP) is 5.16. The highest BCUT2D eigenvalue weighted by molar-refractivity contribution is 6.10. The van der Waals surface area contributed by atoms with Crippen molar-refractivity contribution in [1.82, 2.24) is 4.98 Å². The molecule has 1 aliphatic heterocycles. The molecular formula is C27H32N4O. The van der Waals surface area contributed by atoms with Crippen molar-refractivity contribution in [3.63, 3.8) is 0 Å². The molecule has 5 nitrogen and oxygen atoms in total. The van der Waals surface area contributed by atoms with Crippen LogP contribution in [0.25, 0.3) is 11.1 Å². The van der Waals surface area contributed by atoms with Crippen LogP contribution in [0.15, 0.2) is 48.8 Å². The van der Waals surface area contributed by atoms with Gasteiger partial charge in [-0.25, -0.2) is 0 Å². The molecule has 2 aromatic carbocycles. The number of nitrogens with one attached hydrogen (secondary N) is 1. The van der Waals surface area contributed by atoms with Crippen LogP contribution in [0.4, 0.5) is 11.4 Å². The molecule has 0 saturated carbocycles. The molecule has 5 heteroatoms. The lowest BCUT2D eigenvalue weighted by atomic mass is 9.94. The van der Waals surface area contributed by atoms with Gasteiger partial charge in [-0.2, -0.15) is 0 Å². The van der Waals surface area contributed by atoms with Gasteiger partial charge in [0.2, 0.25) is 0 Å². The van der Waals surface area contributed by atoms with Gasteiger partial charge in [-0.3, -0.25) is 9.78 Å². The summed E-state index contributed by atoms with van der Waals surface area (Å²) in [5, 5.41) is 3.10. The fraction of sp³-hybridized carbons (Fsp3) is 0.333. The Hall–Kier alpha value is -3.18. The maximum Gasteiger partial charge on any atom is 0.259 e. The van der Waals surface area contributed by atoms with E-state index >= 15 is 0 Å². The molecule has 1 fully saturated rings. The van der Waals surface area contributed by atoms with Crippen molar-refractivity contribution >= 4 is 17.3 Å². The normalized spacial score (nSPS) is 14.5. The van der Waals surface area contributed by atoms with Crippen molar-refractivity contribution in [3.8, 4) is 11.1 Å². The standard InChI is InChI=1S/C27H32N4O/c1-17-5-6-20(4)23(14-17)24-15-29-16-25(26(24)31-9-7-21(28)8-10-31)27(32)30-22-12-18(2)11-19(3)13-22/h5-6,11-16,21H,7-10,28H2,1-4H3,(H,30,32). The van der Waals surface area contributed by atoms with E-state index in [1.165, 1.54) is 11.1 Å². The number of piperidine rings is 1. The lowest BCUT2D eigenvalue weighted by Crippen LogP contribution is -2.40. The van der Waals surface area contributed by atoms with Crippen LogP contribution in [-0.4, -0.2) is 30.0 Å². The molecule has 166 valence electrons. The fourth-order valence-corrected chi connectivity index (χ4v) is 4.55. The number of anilines is 2. The van der Waals surface area contributed by atoms with Crippen molar-refractivity contribution in [2.24, 2.45) is 5.73 Å². The van der Waals surface area contributed by atoms with Crippen LogP contribution in [0.2, 0.25) is 0 Å². The third-order valence-corrected chi connectivity index (χ3v) is 6.18. The average molecular weight is 429 g/mol. The molecule has 0 atom stereocenters. The summed E-state index contributed by atoms with van der Waals surface area (Å²) in [4.78, 5) is 20.3. The number of hydrogen-bond donors (Lipinski definition) is 2. The number of aromatic nitrogens is 1. The number of carbonyl (C=O) groups excluding carboxylic acids is 1. The number of nitrogens with zero attached hydrogens (tertiary/aromatic N) is 2. The van der Waals surface area contributed by atoms with Crippen molar-refractivity contribution in [1.29, 1.82) is 0 Å². The van der Waals surface area contributed by atoms with Gasteiger partial charge in [-0.05, 0) is 74.9 Å². The largest absolute Gasteiger partial charge is 0.370 e. The summed E-state index contributed by atoms with van der Waals surface area (Å²) >= 11 is 0. The second-order valence-electron chi connectivity index (χ2n) is 9.06. The molecule has 3 N–H and O–H groups in total. The summed E-state index contributed by atoms with van der Waals surface area (Å²) in [6.07, 6.45) is 5.40. The van der Waals surface area contributed by atoms with Gasteiger partial charge < -0.3 is 16.0 Å². The summed E-state index contributed by atoms with van der Waals surface area (Å²) in [7, 11) is 0. The Kier molecular flexibility index (Phi) is 6.28. The Morgan fingerprint density at radius 3 is 2.31 bits per heavy atom. The SMILES string of the molecule is Cc1cc(C)cc(NC(=O)c2cncc(-c3cc(C)ccc3C)c2N2CCC(N)CC2)c1. The van der Waals surface area contributed by atoms with Crippen LogP contribution in [-0.2, 0) is 0 Å². The van der Waals surface area contributed by atoms with E-state index in [-0.39, 0.29) is 11.9 Å². The monoisotopic (exact) mass is 428 g/mol. The first-order chi connectivity index (χ1) is 15.3. The average Bonchev–Trinajstić information content (AvgIpc) is 2.75. The van der Waals surface area contributed by atoms with Crippen LogP contribution in [0.5, 0.6) is 0 Å². The van der Waals surface area contributed by atoms with E-state index in [4.69, 9.17) is 5.73 Å². The van der Waals surface area contributed by atoms with Gasteiger partial charge in [0, 0.05) is 42.8 Å². The van der Waals surface area contributed by atoms with Gasteiger partial charge in [-0.15, -0.1) is 0 Å². The maximum absolute atomic E-state index is 13.5. The molecule has 0 unspecified atom stereocenters. The van der Waals surface area contributed by atoms with Crippen LogP contribution in [0.3, 0.4) is 0 Å². The zero-order chi connectivity index (χ0) is 22.8. The van der Waals surface area contributed by atoms with E-state index in [2.05, 4.69) is 53.3 Å². The number of aryl methyl sites for hydroxylation is 4. The number of carbonyl (C=O) groups is 1. The van der Waals surface area contributed by atoms with Gasteiger partial charge in [0.05, 0.1) is 11.3 Å². The smallest absolute Gasteiger partial charge is 0.259 e. The van der Waals surface area contributed by atoms with Gasteiger partial charge in [-0.1, -0.05) is 29.8 Å². The first-order valence-corrected chi connectivity index (χ1v) is 11.3. The third-order valence-electron chi connectivity index (χ3n) is 6.18. The third kappa shape index (κ3) is 4.68. The van der Waals surface area contributed by atoms with E-state index in [9.17, 15) is 4.79 Å². The maximum atomic E-state index is 13.5. The zero-order valence-corrected chi connectivity index (χ0v) is 19.4. The van der Waals surface area contributed by atoms with Crippen molar-refractivity contribution < 1.29 is 4.79 Å². The molecule has 1 saturated heterocycles. The second-order valence-corrected chi connectivity index (χ2v) is 9.06. The van der Waals surface area contributed by atoms with E-state index in [0.717, 1.165) is 59.6 Å². The first-order valence-electron chi connectivity index (χ1n) is 11.3. The van der Waals surface area contributed by atoms with Gasteiger partial charge in [0.25, 0.3) is 5.91 Å². The van der Waals surface area contributed by atoms with E-state index in [1.807, 2.05) is 32.2 Å². The summed E-state index contributed by atoms with van der Waals surface area (Å²) in [6.45, 7) is 9.92. The highest BCUT2D eigenvalue weighted by Gasteiger charge is 2.26. The van der Waals surface area contributed by atoms with Crippen LogP contribution in [0.1, 0.15) is 45.5 Å². The Morgan fingerprint density at radius 2 is 1.62 bits per heavy atom. The minimum atomic E-state index is -0.139. The fourth-order valence-electron chi connectivity index (χ4n) is 4.55. The van der Waals surface area contributed by atoms with Gasteiger partial charge in [0.1, 0.15) is 0 Å². The molecule has 1 amide bonds. The van der Waals surface area contributed by atoms with E-state index in [0.29, 0.717) is 5.56 Å². The van der Waals surface area contributed by atoms with Crippen molar-refractivity contribution in [2.45, 2.75) is 46.6 Å². The second kappa shape index (κ2) is 9.13. The van der Waals surface area contributed by atoms with Gasteiger partial charge in [0.15, 0.2) is 0 Å². The summed E-state index contributed by atoms with van der Waals surface area (Å²) in [5.74, 6) is -0.139. The van der Waals surface area contributed by atoms with Crippen LogP contribution >= 0.6 is 0 Å². The van der Waals surface area contributed by atoms with Crippen molar-refractivity contribution in [3.05, 3.63) is 76.6 Å². The minimum absolute atomic E-state index is 0.139. The highest BCUT2D eigenvalue weighted by Crippen LogP contribution is 2.37. The summed E-state index contributed by atoms with van der Waals surface area (Å²) < 4.78 is 0. The molecule has 32 heavy (non-hydrogen) atoms. The lowest BCUT2D eigenvalue weighted by molar-refractivity contribution is 0.102. The predicted molar refractivity (Wildman–Crippen MR) is 132 cm³/mol. The van der Waals surface area contributed by atoms with E-state index in [1.54, 1.807) is 6.20 Å². The molecule has 3 aromatic rings. The molecular weight excluding hydrogens is 396 g/mol.